The molecule has 0 saturated heterocycles. The maximum Gasteiger partial charge on any atom is 0.272 e. The quantitative estimate of drug-likeness (QED) is 0.798. The minimum absolute atomic E-state index is 0.131. The predicted octanol–water partition coefficient (Wildman–Crippen LogP) is 1.84. The fourth-order valence-electron chi connectivity index (χ4n) is 2.81. The molecule has 0 spiro atoms. The molecule has 0 radical (unpaired) electrons. The largest absolute Gasteiger partial charge is 0.393 e. The van der Waals surface area contributed by atoms with Crippen molar-refractivity contribution >= 4 is 16.8 Å². The zero-order valence-electron chi connectivity index (χ0n) is 11.3. The third-order valence-electron chi connectivity index (χ3n) is 4.05. The molecule has 5 nitrogen and oxygen atoms in total. The highest BCUT2D eigenvalue weighted by Gasteiger charge is 2.21. The summed E-state index contributed by atoms with van der Waals surface area (Å²) in [5.41, 5.74) is 1.33. The standard InChI is InChI=1S/C15H19N3O2/c19-11-7-5-10(6-8-11)9-16-15(20)14-12-3-1-2-4-13(12)17-18-14/h1-4,10-11,19H,5-9H2,(H,16,20)(H,17,18). The number of aromatic amines is 1. The summed E-state index contributed by atoms with van der Waals surface area (Å²) in [4.78, 5) is 12.2. The van der Waals surface area contributed by atoms with Gasteiger partial charge in [0.2, 0.25) is 0 Å². The van der Waals surface area contributed by atoms with Crippen molar-refractivity contribution in [1.82, 2.24) is 15.5 Å². The third kappa shape index (κ3) is 2.67. The molecule has 106 valence electrons. The van der Waals surface area contributed by atoms with Gasteiger partial charge in [-0.25, -0.2) is 0 Å². The first-order valence-corrected chi connectivity index (χ1v) is 7.13. The van der Waals surface area contributed by atoms with Gasteiger partial charge in [-0.3, -0.25) is 9.89 Å². The second-order valence-corrected chi connectivity index (χ2v) is 5.50. The Labute approximate surface area is 117 Å². The molecule has 0 bridgehead atoms. The number of aromatic nitrogens is 2. The van der Waals surface area contributed by atoms with Crippen LogP contribution in [-0.2, 0) is 0 Å². The summed E-state index contributed by atoms with van der Waals surface area (Å²) in [6, 6.07) is 7.61. The number of benzene rings is 1. The number of rotatable bonds is 3. The van der Waals surface area contributed by atoms with Crippen LogP contribution in [0.2, 0.25) is 0 Å². The highest BCUT2D eigenvalue weighted by atomic mass is 16.3. The van der Waals surface area contributed by atoms with Crippen molar-refractivity contribution < 1.29 is 9.90 Å². The summed E-state index contributed by atoms with van der Waals surface area (Å²) in [6.45, 7) is 0.659. The minimum Gasteiger partial charge on any atom is -0.393 e. The van der Waals surface area contributed by atoms with E-state index >= 15 is 0 Å². The van der Waals surface area contributed by atoms with E-state index in [1.54, 1.807) is 0 Å². The molecule has 2 aromatic rings. The SMILES string of the molecule is O=C(NCC1CCC(O)CC1)c1n[nH]c2ccccc12. The maximum absolute atomic E-state index is 12.2. The summed E-state index contributed by atoms with van der Waals surface area (Å²) < 4.78 is 0. The van der Waals surface area contributed by atoms with Gasteiger partial charge in [0.15, 0.2) is 5.69 Å². The van der Waals surface area contributed by atoms with E-state index in [4.69, 9.17) is 0 Å². The molecule has 1 fully saturated rings. The molecule has 1 amide bonds. The number of nitrogens with zero attached hydrogens (tertiary/aromatic N) is 1. The Morgan fingerprint density at radius 1 is 1.30 bits per heavy atom. The van der Waals surface area contributed by atoms with Crippen molar-refractivity contribution in [1.29, 1.82) is 0 Å². The fourth-order valence-corrected chi connectivity index (χ4v) is 2.81. The molecule has 20 heavy (non-hydrogen) atoms. The van der Waals surface area contributed by atoms with Crippen LogP contribution in [0.1, 0.15) is 36.2 Å². The van der Waals surface area contributed by atoms with Gasteiger partial charge in [0.1, 0.15) is 0 Å². The summed E-state index contributed by atoms with van der Waals surface area (Å²) >= 11 is 0. The monoisotopic (exact) mass is 273 g/mol. The molecule has 1 saturated carbocycles. The fraction of sp³-hybridized carbons (Fsp3) is 0.467. The highest BCUT2D eigenvalue weighted by molar-refractivity contribution is 6.04. The normalized spacial score (nSPS) is 22.9. The Morgan fingerprint density at radius 2 is 2.05 bits per heavy atom. The first-order valence-electron chi connectivity index (χ1n) is 7.13. The Kier molecular flexibility index (Phi) is 3.69. The Hall–Kier alpha value is -1.88. The molecule has 0 atom stereocenters. The van der Waals surface area contributed by atoms with Crippen molar-refractivity contribution in [3.05, 3.63) is 30.0 Å². The minimum atomic E-state index is -0.155. The van der Waals surface area contributed by atoms with Crippen LogP contribution in [0.3, 0.4) is 0 Å². The number of aliphatic hydroxyl groups excluding tert-OH is 1. The number of H-pyrrole nitrogens is 1. The van der Waals surface area contributed by atoms with E-state index in [0.717, 1.165) is 36.6 Å². The molecule has 1 heterocycles. The van der Waals surface area contributed by atoms with Gasteiger partial charge < -0.3 is 10.4 Å². The van der Waals surface area contributed by atoms with Crippen LogP contribution in [0.5, 0.6) is 0 Å². The lowest BCUT2D eigenvalue weighted by molar-refractivity contribution is 0.0907. The number of carbonyl (C=O) groups excluding carboxylic acids is 1. The second-order valence-electron chi connectivity index (χ2n) is 5.50. The van der Waals surface area contributed by atoms with Gasteiger partial charge >= 0.3 is 0 Å². The van der Waals surface area contributed by atoms with E-state index in [9.17, 15) is 9.90 Å². The summed E-state index contributed by atoms with van der Waals surface area (Å²) in [5, 5.41) is 20.2. The van der Waals surface area contributed by atoms with Gasteiger partial charge in [-0.05, 0) is 37.7 Å². The van der Waals surface area contributed by atoms with Crippen LogP contribution in [0.15, 0.2) is 24.3 Å². The van der Waals surface area contributed by atoms with Crippen LogP contribution in [0, 0.1) is 5.92 Å². The van der Waals surface area contributed by atoms with Gasteiger partial charge in [0.25, 0.3) is 5.91 Å². The van der Waals surface area contributed by atoms with Gasteiger partial charge in [0.05, 0.1) is 11.6 Å². The van der Waals surface area contributed by atoms with Crippen molar-refractivity contribution in [3.63, 3.8) is 0 Å². The van der Waals surface area contributed by atoms with Gasteiger partial charge in [-0.1, -0.05) is 18.2 Å². The number of hydrogen-bond donors (Lipinski definition) is 3. The Morgan fingerprint density at radius 3 is 2.85 bits per heavy atom. The van der Waals surface area contributed by atoms with E-state index in [2.05, 4.69) is 15.5 Å². The van der Waals surface area contributed by atoms with Crippen LogP contribution < -0.4 is 5.32 Å². The van der Waals surface area contributed by atoms with E-state index in [-0.39, 0.29) is 12.0 Å². The summed E-state index contributed by atoms with van der Waals surface area (Å²) in [6.07, 6.45) is 3.47. The Bertz CT molecular complexity index is 600. The molecule has 0 unspecified atom stereocenters. The lowest BCUT2D eigenvalue weighted by atomic mass is 9.87. The van der Waals surface area contributed by atoms with E-state index in [1.165, 1.54) is 0 Å². The highest BCUT2D eigenvalue weighted by Crippen LogP contribution is 2.23. The molecular formula is C15H19N3O2. The zero-order valence-corrected chi connectivity index (χ0v) is 11.3. The number of aliphatic hydroxyl groups is 1. The van der Waals surface area contributed by atoms with Crippen molar-refractivity contribution in [2.75, 3.05) is 6.54 Å². The zero-order chi connectivity index (χ0) is 13.9. The number of nitrogens with one attached hydrogen (secondary N) is 2. The Balaban J connectivity index is 1.62. The van der Waals surface area contributed by atoms with Crippen molar-refractivity contribution in [2.24, 2.45) is 5.92 Å². The molecule has 5 heteroatoms. The molecule has 1 aromatic heterocycles. The lowest BCUT2D eigenvalue weighted by Crippen LogP contribution is -2.32. The van der Waals surface area contributed by atoms with Gasteiger partial charge in [0, 0.05) is 11.9 Å². The molecule has 1 aliphatic rings. The van der Waals surface area contributed by atoms with Crippen LogP contribution in [0.25, 0.3) is 10.9 Å². The predicted molar refractivity (Wildman–Crippen MR) is 76.4 cm³/mol. The molecule has 1 aliphatic carbocycles. The number of amides is 1. The second kappa shape index (κ2) is 5.63. The van der Waals surface area contributed by atoms with Crippen LogP contribution in [-0.4, -0.2) is 33.9 Å². The van der Waals surface area contributed by atoms with E-state index < -0.39 is 0 Å². The van der Waals surface area contributed by atoms with Gasteiger partial charge in [-0.15, -0.1) is 0 Å². The summed E-state index contributed by atoms with van der Waals surface area (Å²) in [5.74, 6) is 0.334. The maximum atomic E-state index is 12.2. The van der Waals surface area contributed by atoms with Crippen LogP contribution in [0.4, 0.5) is 0 Å². The first kappa shape index (κ1) is 13.1. The average molecular weight is 273 g/mol. The lowest BCUT2D eigenvalue weighted by Gasteiger charge is -2.25. The van der Waals surface area contributed by atoms with Crippen LogP contribution >= 0.6 is 0 Å². The summed E-state index contributed by atoms with van der Waals surface area (Å²) in [7, 11) is 0. The number of carbonyl (C=O) groups is 1. The molecule has 1 aromatic carbocycles. The van der Waals surface area contributed by atoms with E-state index in [0.29, 0.717) is 18.2 Å². The smallest absolute Gasteiger partial charge is 0.272 e. The molecule has 3 rings (SSSR count). The van der Waals surface area contributed by atoms with Crippen molar-refractivity contribution in [2.45, 2.75) is 31.8 Å². The van der Waals surface area contributed by atoms with Crippen molar-refractivity contribution in [3.8, 4) is 0 Å². The third-order valence-corrected chi connectivity index (χ3v) is 4.05. The van der Waals surface area contributed by atoms with Gasteiger partial charge in [-0.2, -0.15) is 5.10 Å². The number of para-hydroxylation sites is 1. The van der Waals surface area contributed by atoms with E-state index in [1.807, 2.05) is 24.3 Å². The molecule has 0 aliphatic heterocycles. The molecule has 3 N–H and O–H groups in total. The topological polar surface area (TPSA) is 78.0 Å². The number of fused-ring (bicyclic) bond motifs is 1. The molecular weight excluding hydrogens is 254 g/mol. The average Bonchev–Trinajstić information content (AvgIpc) is 2.90. The first-order chi connectivity index (χ1) is 9.74. The number of hydrogen-bond acceptors (Lipinski definition) is 3.